The second-order valence-electron chi connectivity index (χ2n) is 5.81. The van der Waals surface area contributed by atoms with Crippen molar-refractivity contribution in [2.24, 2.45) is 11.0 Å². The number of nitrogens with one attached hydrogen (secondary N) is 2. The van der Waals surface area contributed by atoms with Gasteiger partial charge in [-0.15, -0.1) is 11.3 Å². The third-order valence-electron chi connectivity index (χ3n) is 3.21. The van der Waals surface area contributed by atoms with E-state index in [1.165, 1.54) is 11.3 Å². The molecular weight excluding hydrogens is 342 g/mol. The molecule has 2 aromatic heterocycles. The molecule has 2 aromatic rings. The van der Waals surface area contributed by atoms with E-state index in [0.717, 1.165) is 10.4 Å². The largest absolute Gasteiger partial charge is 0.344 e. The van der Waals surface area contributed by atoms with Gasteiger partial charge in [-0.1, -0.05) is 19.9 Å². The van der Waals surface area contributed by atoms with Gasteiger partial charge in [-0.25, -0.2) is 5.43 Å². The number of thiophene rings is 2. The molecule has 0 saturated heterocycles. The Morgan fingerprint density at radius 2 is 2.12 bits per heavy atom. The molecule has 0 spiro atoms. The lowest BCUT2D eigenvalue weighted by molar-refractivity contribution is -0.129. The van der Waals surface area contributed by atoms with Gasteiger partial charge in [0.25, 0.3) is 5.91 Å². The van der Waals surface area contributed by atoms with Crippen molar-refractivity contribution < 1.29 is 9.59 Å². The maximum Gasteiger partial charge on any atom is 0.262 e. The van der Waals surface area contributed by atoms with Crippen LogP contribution in [0.4, 0.5) is 0 Å². The Hall–Kier alpha value is -1.99. The zero-order valence-corrected chi connectivity index (χ0v) is 15.3. The molecule has 1 atom stereocenters. The van der Waals surface area contributed by atoms with Crippen molar-refractivity contribution in [2.45, 2.75) is 32.7 Å². The van der Waals surface area contributed by atoms with E-state index >= 15 is 0 Å². The zero-order chi connectivity index (χ0) is 17.4. The minimum Gasteiger partial charge on any atom is -0.344 e. The maximum atomic E-state index is 12.3. The minimum absolute atomic E-state index is 0.156. The molecule has 7 heteroatoms. The summed E-state index contributed by atoms with van der Waals surface area (Å²) in [6, 6.07) is 5.15. The van der Waals surface area contributed by atoms with E-state index < -0.39 is 6.04 Å². The first-order chi connectivity index (χ1) is 11.5. The maximum absolute atomic E-state index is 12.3. The molecule has 2 heterocycles. The van der Waals surface area contributed by atoms with Gasteiger partial charge in [0.2, 0.25) is 5.91 Å². The molecule has 128 valence electrons. The number of amides is 2. The van der Waals surface area contributed by atoms with Crippen LogP contribution in [-0.4, -0.2) is 24.1 Å². The van der Waals surface area contributed by atoms with Crippen LogP contribution in [0.1, 0.15) is 30.7 Å². The summed E-state index contributed by atoms with van der Waals surface area (Å²) >= 11 is 3.09. The summed E-state index contributed by atoms with van der Waals surface area (Å²) in [5.41, 5.74) is 3.47. The summed E-state index contributed by atoms with van der Waals surface area (Å²) in [7, 11) is 0. The van der Waals surface area contributed by atoms with Gasteiger partial charge in [0.05, 0.1) is 12.6 Å². The molecule has 0 aliphatic carbocycles. The molecular formula is C17H21N3O2S2. The number of nitrogens with zero attached hydrogens (tertiary/aromatic N) is 1. The fourth-order valence-corrected chi connectivity index (χ4v) is 3.38. The van der Waals surface area contributed by atoms with Crippen LogP contribution >= 0.6 is 22.7 Å². The van der Waals surface area contributed by atoms with Crippen molar-refractivity contribution >= 4 is 40.7 Å². The number of hydrazone groups is 1. The minimum atomic E-state index is -0.586. The van der Waals surface area contributed by atoms with Crippen molar-refractivity contribution in [1.82, 2.24) is 10.7 Å². The second kappa shape index (κ2) is 9.34. The van der Waals surface area contributed by atoms with Crippen LogP contribution in [0.2, 0.25) is 0 Å². The van der Waals surface area contributed by atoms with Gasteiger partial charge in [0, 0.05) is 4.88 Å². The molecule has 0 aliphatic rings. The number of carbonyl (C=O) groups excluding carboxylic acids is 2. The summed E-state index contributed by atoms with van der Waals surface area (Å²) in [6.45, 7) is 4.03. The van der Waals surface area contributed by atoms with Crippen molar-refractivity contribution in [3.63, 3.8) is 0 Å². The third kappa shape index (κ3) is 6.25. The Bertz CT molecular complexity index is 664. The average Bonchev–Trinajstić information content (AvgIpc) is 3.19. The molecule has 0 radical (unpaired) electrons. The van der Waals surface area contributed by atoms with Crippen LogP contribution in [0.15, 0.2) is 39.4 Å². The van der Waals surface area contributed by atoms with E-state index in [1.807, 2.05) is 48.2 Å². The number of hydrogen-bond acceptors (Lipinski definition) is 5. The fraction of sp³-hybridized carbons (Fsp3) is 0.353. The summed E-state index contributed by atoms with van der Waals surface area (Å²) in [5, 5.41) is 12.6. The lowest BCUT2D eigenvalue weighted by Crippen LogP contribution is -2.46. The number of carbonyl (C=O) groups is 2. The smallest absolute Gasteiger partial charge is 0.262 e. The van der Waals surface area contributed by atoms with Crippen LogP contribution in [0.5, 0.6) is 0 Å². The summed E-state index contributed by atoms with van der Waals surface area (Å²) in [4.78, 5) is 25.4. The fourth-order valence-electron chi connectivity index (χ4n) is 2.13. The van der Waals surface area contributed by atoms with Crippen molar-refractivity contribution in [1.29, 1.82) is 0 Å². The van der Waals surface area contributed by atoms with Crippen LogP contribution in [0, 0.1) is 5.92 Å². The first-order valence-electron chi connectivity index (χ1n) is 7.71. The lowest BCUT2D eigenvalue weighted by atomic mass is 10.0. The SMILES string of the molecule is CC(C)CC(NC(=O)Cc1ccsc1)C(=O)NN=Cc1cccs1. The number of rotatable bonds is 8. The third-order valence-corrected chi connectivity index (χ3v) is 4.75. The van der Waals surface area contributed by atoms with E-state index in [2.05, 4.69) is 15.8 Å². The van der Waals surface area contributed by atoms with E-state index in [1.54, 1.807) is 17.6 Å². The molecule has 2 amide bonds. The molecule has 0 fully saturated rings. The topological polar surface area (TPSA) is 70.6 Å². The van der Waals surface area contributed by atoms with Crippen molar-refractivity contribution in [3.8, 4) is 0 Å². The molecule has 24 heavy (non-hydrogen) atoms. The second-order valence-corrected chi connectivity index (χ2v) is 7.57. The molecule has 0 aromatic carbocycles. The Kier molecular flexibility index (Phi) is 7.14. The molecule has 1 unspecified atom stereocenters. The summed E-state index contributed by atoms with van der Waals surface area (Å²) < 4.78 is 0. The predicted octanol–water partition coefficient (Wildman–Crippen LogP) is 3.03. The van der Waals surface area contributed by atoms with Gasteiger partial charge in [-0.3, -0.25) is 9.59 Å². The zero-order valence-electron chi connectivity index (χ0n) is 13.7. The van der Waals surface area contributed by atoms with Gasteiger partial charge in [0.15, 0.2) is 0 Å². The monoisotopic (exact) mass is 363 g/mol. The first-order valence-corrected chi connectivity index (χ1v) is 9.53. The van der Waals surface area contributed by atoms with Crippen LogP contribution in [-0.2, 0) is 16.0 Å². The standard InChI is InChI=1S/C17H21N3O2S2/c1-12(2)8-15(19-16(21)9-13-5-7-23-11-13)17(22)20-18-10-14-4-3-6-24-14/h3-7,10-12,15H,8-9H2,1-2H3,(H,19,21)(H,20,22). The molecule has 0 bridgehead atoms. The predicted molar refractivity (Wildman–Crippen MR) is 99.5 cm³/mol. The summed E-state index contributed by atoms with van der Waals surface area (Å²) in [6.07, 6.45) is 2.45. The molecule has 2 N–H and O–H groups in total. The van der Waals surface area contributed by atoms with Gasteiger partial charge < -0.3 is 5.32 Å². The van der Waals surface area contributed by atoms with Gasteiger partial charge in [-0.05, 0) is 46.2 Å². The summed E-state index contributed by atoms with van der Waals surface area (Å²) in [5.74, 6) is -0.171. The molecule has 5 nitrogen and oxygen atoms in total. The quantitative estimate of drug-likeness (QED) is 0.559. The average molecular weight is 364 g/mol. The number of hydrogen-bond donors (Lipinski definition) is 2. The Labute approximate surface area is 149 Å². The Morgan fingerprint density at radius 1 is 1.29 bits per heavy atom. The molecule has 0 saturated carbocycles. The van der Waals surface area contributed by atoms with Gasteiger partial charge in [0.1, 0.15) is 6.04 Å². The van der Waals surface area contributed by atoms with Crippen molar-refractivity contribution in [2.75, 3.05) is 0 Å². The van der Waals surface area contributed by atoms with E-state index in [9.17, 15) is 9.59 Å². The van der Waals surface area contributed by atoms with Crippen LogP contribution in [0.3, 0.4) is 0 Å². The van der Waals surface area contributed by atoms with E-state index in [4.69, 9.17) is 0 Å². The van der Waals surface area contributed by atoms with E-state index in [0.29, 0.717) is 6.42 Å². The van der Waals surface area contributed by atoms with Gasteiger partial charge >= 0.3 is 0 Å². The Balaban J connectivity index is 1.90. The Morgan fingerprint density at radius 3 is 2.75 bits per heavy atom. The van der Waals surface area contributed by atoms with Crippen molar-refractivity contribution in [3.05, 3.63) is 44.8 Å². The normalized spacial score (nSPS) is 12.5. The highest BCUT2D eigenvalue weighted by Crippen LogP contribution is 2.09. The van der Waals surface area contributed by atoms with Gasteiger partial charge in [-0.2, -0.15) is 16.4 Å². The lowest BCUT2D eigenvalue weighted by Gasteiger charge is -2.18. The highest BCUT2D eigenvalue weighted by Gasteiger charge is 2.21. The highest BCUT2D eigenvalue weighted by atomic mass is 32.1. The molecule has 0 aliphatic heterocycles. The van der Waals surface area contributed by atoms with Crippen LogP contribution < -0.4 is 10.7 Å². The highest BCUT2D eigenvalue weighted by molar-refractivity contribution is 7.11. The van der Waals surface area contributed by atoms with Crippen LogP contribution in [0.25, 0.3) is 0 Å². The first kappa shape index (κ1) is 18.4. The molecule has 2 rings (SSSR count). The van der Waals surface area contributed by atoms with E-state index in [-0.39, 0.29) is 24.2 Å².